The molecule has 0 fully saturated rings. The average molecular weight is 779 g/mol. The molecule has 1 rings (SSSR count). The van der Waals surface area contributed by atoms with Crippen molar-refractivity contribution in [1.29, 1.82) is 0 Å². The summed E-state index contributed by atoms with van der Waals surface area (Å²) in [4.78, 5) is 49.4. The lowest BCUT2D eigenvalue weighted by Crippen LogP contribution is -2.37. The Bertz CT molecular complexity index is 866. The van der Waals surface area contributed by atoms with Crippen LogP contribution < -0.4 is 5.32 Å². The average Bonchev–Trinajstić information content (AvgIpc) is 2.64. The number of anilines is 1. The number of nitrogens with zero attached hydrogens (tertiary/aromatic N) is 1. The molecule has 0 aromatic heterocycles. The summed E-state index contributed by atoms with van der Waals surface area (Å²) in [5.74, 6) is -1.52. The quantitative estimate of drug-likeness (QED) is 0.199. The molecule has 0 bridgehead atoms. The van der Waals surface area contributed by atoms with Gasteiger partial charge in [-0.1, -0.05) is 0 Å². The molecule has 2 amide bonds. The van der Waals surface area contributed by atoms with E-state index in [2.05, 4.69) is 5.32 Å². The van der Waals surface area contributed by atoms with E-state index in [0.717, 1.165) is 0 Å². The van der Waals surface area contributed by atoms with E-state index < -0.39 is 35.7 Å². The van der Waals surface area contributed by atoms with E-state index in [-0.39, 0.29) is 36.4 Å². The molecule has 1 atom stereocenters. The highest BCUT2D eigenvalue weighted by molar-refractivity contribution is 14.1. The predicted molar refractivity (Wildman–Crippen MR) is 135 cm³/mol. The van der Waals surface area contributed by atoms with Crippen molar-refractivity contribution in [2.75, 3.05) is 32.1 Å². The zero-order valence-corrected chi connectivity index (χ0v) is 23.0. The summed E-state index contributed by atoms with van der Waals surface area (Å²) in [6, 6.07) is 0. The molecule has 0 saturated heterocycles. The molecule has 0 spiro atoms. The van der Waals surface area contributed by atoms with E-state index in [1.54, 1.807) is 0 Å². The lowest BCUT2D eigenvalue weighted by molar-refractivity contribution is -0.141. The van der Waals surface area contributed by atoms with Crippen LogP contribution in [0.1, 0.15) is 34.1 Å². The van der Waals surface area contributed by atoms with Crippen LogP contribution in [-0.4, -0.2) is 71.0 Å². The highest BCUT2D eigenvalue weighted by Crippen LogP contribution is 2.37. The van der Waals surface area contributed by atoms with E-state index in [4.69, 9.17) is 21.4 Å². The zero-order valence-electron chi connectivity index (χ0n) is 15.8. The van der Waals surface area contributed by atoms with E-state index in [1.807, 2.05) is 67.8 Å². The highest BCUT2D eigenvalue weighted by Gasteiger charge is 2.29. The topological polar surface area (TPSA) is 133 Å². The largest absolute Gasteiger partial charge is 0.465 e. The van der Waals surface area contributed by atoms with Gasteiger partial charge >= 0.3 is 5.97 Å². The molecular weight excluding hydrogens is 760 g/mol. The first kappa shape index (κ1) is 27.7. The second-order valence-corrected chi connectivity index (χ2v) is 9.58. The first-order chi connectivity index (χ1) is 13.9. The molecule has 1 unspecified atom stereocenters. The summed E-state index contributed by atoms with van der Waals surface area (Å²) in [6.45, 7) is 0.451. The minimum absolute atomic E-state index is 0.0630. The van der Waals surface area contributed by atoms with Crippen LogP contribution in [0.25, 0.3) is 0 Å². The number of aliphatic hydroxyl groups excluding tert-OH is 2. The van der Waals surface area contributed by atoms with Crippen LogP contribution in [0.2, 0.25) is 0 Å². The van der Waals surface area contributed by atoms with Gasteiger partial charge in [-0.05, 0) is 79.4 Å². The fourth-order valence-electron chi connectivity index (χ4n) is 2.27. The molecule has 0 saturated carbocycles. The van der Waals surface area contributed by atoms with Gasteiger partial charge in [-0.2, -0.15) is 0 Å². The fraction of sp³-hybridized carbons (Fsp3) is 0.412. The molecule has 1 aromatic carbocycles. The standard InChI is InChI=1S/C17H18ClI3N2O7/c1-7(25)30-4-3-9(27)22-15-13(20)10(16(18)28)12(19)11(14(15)21)17(29)23(2)5-8(26)6-24/h8,24,26H,3-6H2,1-2H3,(H,22,27). The molecule has 3 N–H and O–H groups in total. The molecule has 13 heteroatoms. The minimum Gasteiger partial charge on any atom is -0.465 e. The maximum absolute atomic E-state index is 13.0. The molecule has 1 aromatic rings. The first-order valence-corrected chi connectivity index (χ1v) is 11.9. The van der Waals surface area contributed by atoms with E-state index in [9.17, 15) is 24.3 Å². The maximum Gasteiger partial charge on any atom is 0.302 e. The summed E-state index contributed by atoms with van der Waals surface area (Å²) < 4.78 is 5.78. The smallest absolute Gasteiger partial charge is 0.302 e. The van der Waals surface area contributed by atoms with Crippen molar-refractivity contribution in [1.82, 2.24) is 4.90 Å². The molecule has 0 heterocycles. The monoisotopic (exact) mass is 778 g/mol. The number of benzene rings is 1. The van der Waals surface area contributed by atoms with E-state index in [0.29, 0.717) is 10.7 Å². The number of ether oxygens (including phenoxy) is 1. The Labute approximate surface area is 218 Å². The van der Waals surface area contributed by atoms with Gasteiger partial charge in [0.1, 0.15) is 6.61 Å². The van der Waals surface area contributed by atoms with Crippen LogP contribution in [0.3, 0.4) is 0 Å². The molecule has 0 aliphatic carbocycles. The Morgan fingerprint density at radius 3 is 2.20 bits per heavy atom. The number of amides is 2. The molecule has 30 heavy (non-hydrogen) atoms. The van der Waals surface area contributed by atoms with Gasteiger partial charge in [-0.3, -0.25) is 19.2 Å². The number of carbonyl (C=O) groups excluding carboxylic acids is 4. The third-order valence-corrected chi connectivity index (χ3v) is 7.09. The number of aliphatic hydroxyl groups is 2. The van der Waals surface area contributed by atoms with Gasteiger partial charge in [0.2, 0.25) is 5.91 Å². The van der Waals surface area contributed by atoms with Crippen LogP contribution in [0, 0.1) is 10.7 Å². The third kappa shape index (κ3) is 7.39. The maximum atomic E-state index is 13.0. The van der Waals surface area contributed by atoms with Gasteiger partial charge in [0.15, 0.2) is 0 Å². The molecule has 9 nitrogen and oxygen atoms in total. The molecule has 0 aliphatic heterocycles. The number of hydrogen-bond acceptors (Lipinski definition) is 7. The summed E-state index contributed by atoms with van der Waals surface area (Å²) in [7, 11) is 1.44. The van der Waals surface area contributed by atoms with Crippen molar-refractivity contribution in [3.05, 3.63) is 21.8 Å². The van der Waals surface area contributed by atoms with E-state index >= 15 is 0 Å². The van der Waals surface area contributed by atoms with Crippen molar-refractivity contribution < 1.29 is 34.1 Å². The number of nitrogens with one attached hydrogen (secondary N) is 1. The Morgan fingerprint density at radius 1 is 1.13 bits per heavy atom. The van der Waals surface area contributed by atoms with E-state index in [1.165, 1.54) is 18.9 Å². The number of carbonyl (C=O) groups is 4. The normalized spacial score (nSPS) is 11.6. The second-order valence-electron chi connectivity index (χ2n) is 6.00. The first-order valence-electron chi connectivity index (χ1n) is 8.30. The van der Waals surface area contributed by atoms with Gasteiger partial charge in [-0.15, -0.1) is 0 Å². The third-order valence-electron chi connectivity index (χ3n) is 3.67. The Balaban J connectivity index is 3.39. The Hall–Kier alpha value is -0.300. The van der Waals surface area contributed by atoms with Crippen LogP contribution in [0.5, 0.6) is 0 Å². The van der Waals surface area contributed by atoms with Gasteiger partial charge in [0.25, 0.3) is 11.1 Å². The molecular formula is C17H18ClI3N2O7. The molecule has 0 radical (unpaired) electrons. The Kier molecular flexibility index (Phi) is 11.7. The summed E-state index contributed by atoms with van der Waals surface area (Å²) in [5, 5.41) is 20.5. The predicted octanol–water partition coefficient (Wildman–Crippen LogP) is 2.20. The highest BCUT2D eigenvalue weighted by atomic mass is 127. The lowest BCUT2D eigenvalue weighted by Gasteiger charge is -2.23. The number of likely N-dealkylation sites (N-methyl/N-ethyl adjacent to an activating group) is 1. The molecule has 0 aliphatic rings. The number of esters is 1. The van der Waals surface area contributed by atoms with Crippen LogP contribution >= 0.6 is 79.4 Å². The number of rotatable bonds is 9. The SMILES string of the molecule is CC(=O)OCCC(=O)Nc1c(I)c(C(=O)Cl)c(I)c(C(=O)N(C)CC(O)CO)c1I. The van der Waals surface area contributed by atoms with Crippen LogP contribution in [0.4, 0.5) is 5.69 Å². The van der Waals surface area contributed by atoms with Crippen molar-refractivity contribution >= 4 is 108 Å². The Morgan fingerprint density at radius 2 is 1.70 bits per heavy atom. The second kappa shape index (κ2) is 12.7. The fourth-order valence-corrected chi connectivity index (χ4v) is 7.17. The minimum atomic E-state index is -1.13. The van der Waals surface area contributed by atoms with Crippen LogP contribution in [-0.2, 0) is 14.3 Å². The van der Waals surface area contributed by atoms with Crippen LogP contribution in [0.15, 0.2) is 0 Å². The number of hydrogen-bond donors (Lipinski definition) is 3. The number of halogens is 4. The van der Waals surface area contributed by atoms with Gasteiger partial charge in [-0.25, -0.2) is 0 Å². The lowest BCUT2D eigenvalue weighted by atomic mass is 10.1. The van der Waals surface area contributed by atoms with Crippen molar-refractivity contribution in [2.24, 2.45) is 0 Å². The summed E-state index contributed by atoms with van der Waals surface area (Å²) >= 11 is 11.3. The molecule has 166 valence electrons. The summed E-state index contributed by atoms with van der Waals surface area (Å²) in [5.41, 5.74) is 0.421. The van der Waals surface area contributed by atoms with Gasteiger partial charge < -0.3 is 25.2 Å². The zero-order chi connectivity index (χ0) is 23.2. The van der Waals surface area contributed by atoms with Gasteiger partial charge in [0, 0.05) is 24.1 Å². The summed E-state index contributed by atoms with van der Waals surface area (Å²) in [6.07, 6.45) is -1.25. The van der Waals surface area contributed by atoms with Crippen molar-refractivity contribution in [2.45, 2.75) is 19.4 Å². The van der Waals surface area contributed by atoms with Gasteiger partial charge in [0.05, 0.1) is 43.1 Å². The van der Waals surface area contributed by atoms with Crippen molar-refractivity contribution in [3.8, 4) is 0 Å². The van der Waals surface area contributed by atoms with Crippen molar-refractivity contribution in [3.63, 3.8) is 0 Å².